The zero-order chi connectivity index (χ0) is 11.3. The first-order valence-electron chi connectivity index (χ1n) is 5.29. The third-order valence-electron chi connectivity index (χ3n) is 2.25. The molecular formula is C12H18N2O. The van der Waals surface area contributed by atoms with Gasteiger partial charge in [-0.25, -0.2) is 0 Å². The van der Waals surface area contributed by atoms with Crippen LogP contribution in [0.3, 0.4) is 0 Å². The molecule has 0 atom stereocenters. The molecular weight excluding hydrogens is 188 g/mol. The first-order chi connectivity index (χ1) is 7.13. The number of nitrogen functional groups attached to an aromatic ring is 1. The van der Waals surface area contributed by atoms with Crippen molar-refractivity contribution in [2.75, 3.05) is 11.1 Å². The maximum atomic E-state index is 10.9. The lowest BCUT2D eigenvalue weighted by Crippen LogP contribution is -2.08. The highest BCUT2D eigenvalue weighted by Crippen LogP contribution is 2.20. The van der Waals surface area contributed by atoms with Crippen molar-refractivity contribution >= 4 is 17.3 Å². The maximum absolute atomic E-state index is 10.9. The van der Waals surface area contributed by atoms with E-state index < -0.39 is 0 Å². The molecule has 0 saturated heterocycles. The first-order valence-corrected chi connectivity index (χ1v) is 5.29. The van der Waals surface area contributed by atoms with Gasteiger partial charge in [-0.3, -0.25) is 4.79 Å². The van der Waals surface area contributed by atoms with Gasteiger partial charge in [-0.1, -0.05) is 19.4 Å². The molecule has 0 heterocycles. The van der Waals surface area contributed by atoms with Gasteiger partial charge in [0.25, 0.3) is 0 Å². The number of aryl methyl sites for hydroxylation is 1. The second kappa shape index (κ2) is 5.39. The van der Waals surface area contributed by atoms with E-state index in [1.165, 1.54) is 25.3 Å². The van der Waals surface area contributed by atoms with Crippen LogP contribution in [-0.2, 0) is 11.2 Å². The quantitative estimate of drug-likeness (QED) is 0.744. The number of carbonyl (C=O) groups is 1. The van der Waals surface area contributed by atoms with Gasteiger partial charge in [-0.15, -0.1) is 0 Å². The summed E-state index contributed by atoms with van der Waals surface area (Å²) in [6.07, 6.45) is 3.38. The van der Waals surface area contributed by atoms with Gasteiger partial charge in [0, 0.05) is 6.92 Å². The summed E-state index contributed by atoms with van der Waals surface area (Å²) in [4.78, 5) is 10.9. The van der Waals surface area contributed by atoms with Crippen LogP contribution in [0.15, 0.2) is 18.2 Å². The number of anilines is 2. The zero-order valence-corrected chi connectivity index (χ0v) is 9.34. The largest absolute Gasteiger partial charge is 0.397 e. The van der Waals surface area contributed by atoms with Crippen molar-refractivity contribution in [1.29, 1.82) is 0 Å². The molecule has 0 saturated carbocycles. The highest BCUT2D eigenvalue weighted by Gasteiger charge is 2.01. The van der Waals surface area contributed by atoms with Crippen molar-refractivity contribution < 1.29 is 4.79 Å². The van der Waals surface area contributed by atoms with Gasteiger partial charge in [0.1, 0.15) is 0 Å². The summed E-state index contributed by atoms with van der Waals surface area (Å²) in [7, 11) is 0. The van der Waals surface area contributed by atoms with E-state index in [-0.39, 0.29) is 5.91 Å². The van der Waals surface area contributed by atoms with Gasteiger partial charge >= 0.3 is 0 Å². The number of benzene rings is 1. The molecule has 0 fully saturated rings. The first kappa shape index (κ1) is 11.6. The van der Waals surface area contributed by atoms with Crippen LogP contribution < -0.4 is 11.1 Å². The number of hydrogen-bond acceptors (Lipinski definition) is 2. The Balaban J connectivity index is 2.74. The lowest BCUT2D eigenvalue weighted by molar-refractivity contribution is -0.114. The van der Waals surface area contributed by atoms with Crippen LogP contribution in [0.25, 0.3) is 0 Å². The van der Waals surface area contributed by atoms with E-state index in [1.807, 2.05) is 18.2 Å². The van der Waals surface area contributed by atoms with Crippen LogP contribution in [0.2, 0.25) is 0 Å². The maximum Gasteiger partial charge on any atom is 0.221 e. The fourth-order valence-corrected chi connectivity index (χ4v) is 1.45. The molecule has 1 aromatic carbocycles. The number of carbonyl (C=O) groups excluding carboxylic acids is 1. The predicted octanol–water partition coefficient (Wildman–Crippen LogP) is 2.57. The molecule has 0 aliphatic rings. The van der Waals surface area contributed by atoms with E-state index in [0.29, 0.717) is 11.4 Å². The van der Waals surface area contributed by atoms with E-state index >= 15 is 0 Å². The second-order valence-corrected chi connectivity index (χ2v) is 3.71. The number of rotatable bonds is 4. The molecule has 82 valence electrons. The summed E-state index contributed by atoms with van der Waals surface area (Å²) >= 11 is 0. The van der Waals surface area contributed by atoms with Crippen LogP contribution in [0, 0.1) is 0 Å². The molecule has 3 heteroatoms. The van der Waals surface area contributed by atoms with Crippen LogP contribution in [-0.4, -0.2) is 5.91 Å². The van der Waals surface area contributed by atoms with Crippen LogP contribution >= 0.6 is 0 Å². The molecule has 0 spiro atoms. The summed E-state index contributed by atoms with van der Waals surface area (Å²) < 4.78 is 0. The van der Waals surface area contributed by atoms with E-state index in [2.05, 4.69) is 12.2 Å². The number of amides is 1. The lowest BCUT2D eigenvalue weighted by atomic mass is 10.1. The molecule has 0 bridgehead atoms. The van der Waals surface area contributed by atoms with E-state index in [4.69, 9.17) is 5.73 Å². The zero-order valence-electron chi connectivity index (χ0n) is 9.34. The highest BCUT2D eigenvalue weighted by molar-refractivity contribution is 5.92. The molecule has 0 aromatic heterocycles. The fraction of sp³-hybridized carbons (Fsp3) is 0.417. The molecule has 3 nitrogen and oxygen atoms in total. The number of hydrogen-bond donors (Lipinski definition) is 2. The minimum Gasteiger partial charge on any atom is -0.397 e. The molecule has 0 aliphatic carbocycles. The molecule has 0 unspecified atom stereocenters. The summed E-state index contributed by atoms with van der Waals surface area (Å²) in [5, 5.41) is 2.69. The number of nitrogens with one attached hydrogen (secondary N) is 1. The Bertz CT molecular complexity index is 347. The van der Waals surface area contributed by atoms with Gasteiger partial charge in [-0.2, -0.15) is 0 Å². The van der Waals surface area contributed by atoms with E-state index in [0.717, 1.165) is 6.42 Å². The smallest absolute Gasteiger partial charge is 0.221 e. The summed E-state index contributed by atoms with van der Waals surface area (Å²) in [6.45, 7) is 3.64. The van der Waals surface area contributed by atoms with Gasteiger partial charge in [0.05, 0.1) is 11.4 Å². The SMILES string of the molecule is CCCCc1ccc(NC(C)=O)c(N)c1. The fourth-order valence-electron chi connectivity index (χ4n) is 1.45. The predicted molar refractivity (Wildman–Crippen MR) is 63.8 cm³/mol. The van der Waals surface area contributed by atoms with Crippen LogP contribution in [0.1, 0.15) is 32.3 Å². The Labute approximate surface area is 90.7 Å². The van der Waals surface area contributed by atoms with Crippen molar-refractivity contribution in [3.8, 4) is 0 Å². The highest BCUT2D eigenvalue weighted by atomic mass is 16.1. The molecule has 1 amide bonds. The molecule has 1 rings (SSSR count). The third kappa shape index (κ3) is 3.62. The average molecular weight is 206 g/mol. The normalized spacial score (nSPS) is 10.0. The van der Waals surface area contributed by atoms with E-state index in [1.54, 1.807) is 0 Å². The molecule has 1 aromatic rings. The number of unbranched alkanes of at least 4 members (excludes halogenated alkanes) is 1. The number of nitrogens with two attached hydrogens (primary N) is 1. The molecule has 0 aliphatic heterocycles. The lowest BCUT2D eigenvalue weighted by Gasteiger charge is -2.08. The van der Waals surface area contributed by atoms with Crippen molar-refractivity contribution in [2.24, 2.45) is 0 Å². The van der Waals surface area contributed by atoms with Gasteiger partial charge < -0.3 is 11.1 Å². The van der Waals surface area contributed by atoms with Gasteiger partial charge in [0.15, 0.2) is 0 Å². The van der Waals surface area contributed by atoms with Crippen molar-refractivity contribution in [3.05, 3.63) is 23.8 Å². The van der Waals surface area contributed by atoms with Crippen LogP contribution in [0.4, 0.5) is 11.4 Å². The third-order valence-corrected chi connectivity index (χ3v) is 2.25. The second-order valence-electron chi connectivity index (χ2n) is 3.71. The molecule has 15 heavy (non-hydrogen) atoms. The van der Waals surface area contributed by atoms with Crippen LogP contribution in [0.5, 0.6) is 0 Å². The Hall–Kier alpha value is -1.51. The molecule has 0 radical (unpaired) electrons. The minimum absolute atomic E-state index is 0.0944. The van der Waals surface area contributed by atoms with Crippen molar-refractivity contribution in [2.45, 2.75) is 33.1 Å². The average Bonchev–Trinajstić information content (AvgIpc) is 2.18. The van der Waals surface area contributed by atoms with E-state index in [9.17, 15) is 4.79 Å². The minimum atomic E-state index is -0.0944. The van der Waals surface area contributed by atoms with Gasteiger partial charge in [-0.05, 0) is 30.5 Å². The Morgan fingerprint density at radius 2 is 2.20 bits per heavy atom. The summed E-state index contributed by atoms with van der Waals surface area (Å²) in [6, 6.07) is 5.81. The topological polar surface area (TPSA) is 55.1 Å². The standard InChI is InChI=1S/C12H18N2O/c1-3-4-5-10-6-7-12(11(13)8-10)14-9(2)15/h6-8H,3-5,13H2,1-2H3,(H,14,15). The van der Waals surface area contributed by atoms with Crippen molar-refractivity contribution in [3.63, 3.8) is 0 Å². The summed E-state index contributed by atoms with van der Waals surface area (Å²) in [5.41, 5.74) is 8.39. The summed E-state index contributed by atoms with van der Waals surface area (Å²) in [5.74, 6) is -0.0944. The van der Waals surface area contributed by atoms with Crippen molar-refractivity contribution in [1.82, 2.24) is 0 Å². The monoisotopic (exact) mass is 206 g/mol. The Kier molecular flexibility index (Phi) is 4.16. The Morgan fingerprint density at radius 1 is 1.47 bits per heavy atom. The Morgan fingerprint density at radius 3 is 2.73 bits per heavy atom. The van der Waals surface area contributed by atoms with Gasteiger partial charge in [0.2, 0.25) is 5.91 Å². The molecule has 3 N–H and O–H groups in total.